The number of para-hydroxylation sites is 1. The SMILES string of the molecule is CCCOc1ccc(/C=C/C(=O)Nc2ccc3c(c2)[nH]c2c(CC)cccc23)cc1. The third-order valence-electron chi connectivity index (χ3n) is 5.15. The van der Waals surface area contributed by atoms with E-state index in [-0.39, 0.29) is 5.91 Å². The predicted octanol–water partition coefficient (Wildman–Crippen LogP) is 6.32. The number of anilines is 1. The Labute approximate surface area is 176 Å². The van der Waals surface area contributed by atoms with Gasteiger partial charge >= 0.3 is 0 Å². The zero-order valence-electron chi connectivity index (χ0n) is 17.4. The zero-order valence-corrected chi connectivity index (χ0v) is 17.4. The van der Waals surface area contributed by atoms with Gasteiger partial charge < -0.3 is 15.0 Å². The lowest BCUT2D eigenvalue weighted by Crippen LogP contribution is -2.07. The fraction of sp³-hybridized carbons (Fsp3) is 0.192. The summed E-state index contributed by atoms with van der Waals surface area (Å²) in [5, 5.41) is 5.33. The first kappa shape index (κ1) is 19.8. The lowest BCUT2D eigenvalue weighted by atomic mass is 10.1. The molecule has 4 nitrogen and oxygen atoms in total. The van der Waals surface area contributed by atoms with Gasteiger partial charge in [0.15, 0.2) is 0 Å². The van der Waals surface area contributed by atoms with Crippen molar-refractivity contribution in [2.45, 2.75) is 26.7 Å². The molecule has 0 bridgehead atoms. The van der Waals surface area contributed by atoms with Crippen LogP contribution in [-0.4, -0.2) is 17.5 Å². The predicted molar refractivity (Wildman–Crippen MR) is 125 cm³/mol. The molecular weight excluding hydrogens is 372 g/mol. The van der Waals surface area contributed by atoms with Gasteiger partial charge in [-0.25, -0.2) is 0 Å². The van der Waals surface area contributed by atoms with E-state index in [9.17, 15) is 4.79 Å². The number of fused-ring (bicyclic) bond motifs is 3. The number of nitrogens with one attached hydrogen (secondary N) is 2. The molecule has 0 spiro atoms. The van der Waals surface area contributed by atoms with Crippen LogP contribution in [0.4, 0.5) is 5.69 Å². The molecule has 4 rings (SSSR count). The summed E-state index contributed by atoms with van der Waals surface area (Å²) in [6, 6.07) is 20.1. The quantitative estimate of drug-likeness (QED) is 0.358. The Kier molecular flexibility index (Phi) is 5.84. The lowest BCUT2D eigenvalue weighted by Gasteiger charge is -2.04. The van der Waals surface area contributed by atoms with E-state index < -0.39 is 0 Å². The van der Waals surface area contributed by atoms with E-state index >= 15 is 0 Å². The number of hydrogen-bond donors (Lipinski definition) is 2. The first-order chi connectivity index (χ1) is 14.7. The maximum Gasteiger partial charge on any atom is 0.248 e. The van der Waals surface area contributed by atoms with Crippen molar-refractivity contribution in [3.8, 4) is 5.75 Å². The normalized spacial score (nSPS) is 11.4. The van der Waals surface area contributed by atoms with Crippen molar-refractivity contribution in [2.75, 3.05) is 11.9 Å². The Balaban J connectivity index is 1.47. The summed E-state index contributed by atoms with van der Waals surface area (Å²) in [5.41, 5.74) is 5.21. The molecule has 0 saturated carbocycles. The summed E-state index contributed by atoms with van der Waals surface area (Å²) in [6.45, 7) is 4.94. The van der Waals surface area contributed by atoms with Gasteiger partial charge in [0.25, 0.3) is 0 Å². The third kappa shape index (κ3) is 4.23. The number of aryl methyl sites for hydroxylation is 1. The largest absolute Gasteiger partial charge is 0.494 e. The second-order valence-corrected chi connectivity index (χ2v) is 7.32. The number of carbonyl (C=O) groups is 1. The molecule has 0 aliphatic carbocycles. The molecule has 0 saturated heterocycles. The Morgan fingerprint density at radius 2 is 1.87 bits per heavy atom. The maximum atomic E-state index is 12.4. The average molecular weight is 399 g/mol. The van der Waals surface area contributed by atoms with Gasteiger partial charge in [-0.3, -0.25) is 4.79 Å². The lowest BCUT2D eigenvalue weighted by molar-refractivity contribution is -0.111. The molecule has 1 heterocycles. The number of hydrogen-bond acceptors (Lipinski definition) is 2. The summed E-state index contributed by atoms with van der Waals surface area (Å²) in [4.78, 5) is 15.9. The van der Waals surface area contributed by atoms with Crippen molar-refractivity contribution in [3.05, 3.63) is 77.9 Å². The molecule has 4 aromatic rings. The molecule has 30 heavy (non-hydrogen) atoms. The van der Waals surface area contributed by atoms with E-state index in [4.69, 9.17) is 4.74 Å². The van der Waals surface area contributed by atoms with Gasteiger partial charge in [-0.2, -0.15) is 0 Å². The highest BCUT2D eigenvalue weighted by Crippen LogP contribution is 2.29. The average Bonchev–Trinajstić information content (AvgIpc) is 3.15. The minimum absolute atomic E-state index is 0.161. The number of amides is 1. The molecule has 1 amide bonds. The standard InChI is InChI=1S/C26H26N2O2/c1-3-16-30-21-12-8-18(9-13-21)10-15-25(29)27-20-11-14-22-23-7-5-6-19(4-2)26(23)28-24(22)17-20/h5-15,17,28H,3-4,16H2,1-2H3,(H,27,29)/b15-10+. The number of rotatable bonds is 7. The Hall–Kier alpha value is -3.53. The van der Waals surface area contributed by atoms with Crippen LogP contribution in [0.3, 0.4) is 0 Å². The molecule has 2 N–H and O–H groups in total. The van der Waals surface area contributed by atoms with Gasteiger partial charge in [0, 0.05) is 33.6 Å². The molecule has 3 aromatic carbocycles. The van der Waals surface area contributed by atoms with Crippen molar-refractivity contribution in [1.29, 1.82) is 0 Å². The van der Waals surface area contributed by atoms with E-state index in [1.54, 1.807) is 12.2 Å². The monoisotopic (exact) mass is 398 g/mol. The van der Waals surface area contributed by atoms with Crippen LogP contribution in [0.5, 0.6) is 5.75 Å². The summed E-state index contributed by atoms with van der Waals surface area (Å²) in [7, 11) is 0. The van der Waals surface area contributed by atoms with Crippen LogP contribution < -0.4 is 10.1 Å². The Bertz CT molecular complexity index is 1200. The summed E-state index contributed by atoms with van der Waals surface area (Å²) < 4.78 is 5.58. The Morgan fingerprint density at radius 1 is 1.03 bits per heavy atom. The number of carbonyl (C=O) groups excluding carboxylic acids is 1. The smallest absolute Gasteiger partial charge is 0.248 e. The maximum absolute atomic E-state index is 12.4. The highest BCUT2D eigenvalue weighted by atomic mass is 16.5. The van der Waals surface area contributed by atoms with Crippen molar-refractivity contribution in [2.24, 2.45) is 0 Å². The van der Waals surface area contributed by atoms with E-state index in [0.717, 1.165) is 35.4 Å². The van der Waals surface area contributed by atoms with Crippen molar-refractivity contribution in [3.63, 3.8) is 0 Å². The second-order valence-electron chi connectivity index (χ2n) is 7.32. The van der Waals surface area contributed by atoms with Crippen molar-refractivity contribution >= 4 is 39.5 Å². The fourth-order valence-electron chi connectivity index (χ4n) is 3.61. The van der Waals surface area contributed by atoms with Gasteiger partial charge in [0.2, 0.25) is 5.91 Å². The number of aromatic nitrogens is 1. The third-order valence-corrected chi connectivity index (χ3v) is 5.15. The van der Waals surface area contributed by atoms with Gasteiger partial charge in [0.05, 0.1) is 6.61 Å². The molecule has 0 aliphatic heterocycles. The second kappa shape index (κ2) is 8.87. The molecule has 0 unspecified atom stereocenters. The number of aromatic amines is 1. The molecule has 0 aliphatic rings. The zero-order chi connectivity index (χ0) is 20.9. The highest BCUT2D eigenvalue weighted by molar-refractivity contribution is 6.10. The van der Waals surface area contributed by atoms with E-state index in [2.05, 4.69) is 48.4 Å². The highest BCUT2D eigenvalue weighted by Gasteiger charge is 2.08. The number of ether oxygens (including phenoxy) is 1. The first-order valence-electron chi connectivity index (χ1n) is 10.4. The molecule has 0 atom stereocenters. The molecular formula is C26H26N2O2. The van der Waals surface area contributed by atoms with Crippen LogP contribution in [-0.2, 0) is 11.2 Å². The minimum atomic E-state index is -0.161. The van der Waals surface area contributed by atoms with Crippen LogP contribution in [0.25, 0.3) is 27.9 Å². The molecule has 152 valence electrons. The molecule has 0 radical (unpaired) electrons. The van der Waals surface area contributed by atoms with Gasteiger partial charge in [-0.1, -0.05) is 50.2 Å². The topological polar surface area (TPSA) is 54.1 Å². The van der Waals surface area contributed by atoms with Crippen LogP contribution in [0.1, 0.15) is 31.4 Å². The van der Waals surface area contributed by atoms with Crippen molar-refractivity contribution < 1.29 is 9.53 Å². The molecule has 1 aromatic heterocycles. The van der Waals surface area contributed by atoms with Gasteiger partial charge in [0.1, 0.15) is 5.75 Å². The van der Waals surface area contributed by atoms with Crippen LogP contribution in [0, 0.1) is 0 Å². The summed E-state index contributed by atoms with van der Waals surface area (Å²) >= 11 is 0. The summed E-state index contributed by atoms with van der Waals surface area (Å²) in [5.74, 6) is 0.683. The van der Waals surface area contributed by atoms with Crippen LogP contribution >= 0.6 is 0 Å². The molecule has 0 fully saturated rings. The van der Waals surface area contributed by atoms with E-state index in [1.165, 1.54) is 21.9 Å². The summed E-state index contributed by atoms with van der Waals surface area (Å²) in [6.07, 6.45) is 5.30. The van der Waals surface area contributed by atoms with Gasteiger partial charge in [-0.15, -0.1) is 0 Å². The van der Waals surface area contributed by atoms with Crippen LogP contribution in [0.15, 0.2) is 66.7 Å². The Morgan fingerprint density at radius 3 is 2.63 bits per heavy atom. The number of benzene rings is 3. The number of H-pyrrole nitrogens is 1. The molecule has 4 heteroatoms. The van der Waals surface area contributed by atoms with E-state index in [0.29, 0.717) is 6.61 Å². The fourth-order valence-corrected chi connectivity index (χ4v) is 3.61. The van der Waals surface area contributed by atoms with Crippen molar-refractivity contribution in [1.82, 2.24) is 4.98 Å². The first-order valence-corrected chi connectivity index (χ1v) is 10.4. The van der Waals surface area contributed by atoms with Crippen LogP contribution in [0.2, 0.25) is 0 Å². The minimum Gasteiger partial charge on any atom is -0.494 e. The van der Waals surface area contributed by atoms with E-state index in [1.807, 2.05) is 36.4 Å². The van der Waals surface area contributed by atoms with Gasteiger partial charge in [-0.05, 0) is 54.3 Å².